The number of amides is 1. The van der Waals surface area contributed by atoms with Crippen LogP contribution in [0, 0.1) is 13.8 Å². The molecule has 0 spiro atoms. The highest BCUT2D eigenvalue weighted by Crippen LogP contribution is 2.21. The molecule has 3 rings (SSSR count). The highest BCUT2D eigenvalue weighted by molar-refractivity contribution is 5.95. The number of aromatic nitrogens is 4. The number of hydrogen-bond donors (Lipinski definition) is 0. The van der Waals surface area contributed by atoms with Gasteiger partial charge in [-0.3, -0.25) is 4.79 Å². The minimum absolute atomic E-state index is 0.0417. The van der Waals surface area contributed by atoms with Crippen LogP contribution in [0.2, 0.25) is 0 Å². The molecule has 0 bridgehead atoms. The predicted molar refractivity (Wildman–Crippen MR) is 98.2 cm³/mol. The lowest BCUT2D eigenvalue weighted by molar-refractivity contribution is 0.0792. The van der Waals surface area contributed by atoms with Crippen LogP contribution in [-0.4, -0.2) is 44.1 Å². The van der Waals surface area contributed by atoms with Crippen molar-refractivity contribution in [3.63, 3.8) is 0 Å². The van der Waals surface area contributed by atoms with Gasteiger partial charge in [0.05, 0.1) is 17.5 Å². The van der Waals surface area contributed by atoms with Gasteiger partial charge in [-0.2, -0.15) is 5.10 Å². The largest absolute Gasteiger partial charge is 0.460 e. The van der Waals surface area contributed by atoms with Crippen molar-refractivity contribution >= 4 is 5.91 Å². The van der Waals surface area contributed by atoms with E-state index in [1.165, 1.54) is 0 Å². The predicted octanol–water partition coefficient (Wildman–Crippen LogP) is 3.41. The lowest BCUT2D eigenvalue weighted by Gasteiger charge is -2.16. The van der Waals surface area contributed by atoms with Crippen molar-refractivity contribution in [1.29, 1.82) is 0 Å². The van der Waals surface area contributed by atoms with Crippen molar-refractivity contribution in [2.24, 2.45) is 0 Å². The summed E-state index contributed by atoms with van der Waals surface area (Å²) in [6.45, 7) is 6.56. The topological polar surface area (TPSA) is 77.0 Å². The van der Waals surface area contributed by atoms with Gasteiger partial charge in [-0.05, 0) is 38.5 Å². The highest BCUT2D eigenvalue weighted by atomic mass is 16.3. The van der Waals surface area contributed by atoms with E-state index in [4.69, 9.17) is 4.42 Å². The Bertz CT molecular complexity index is 912. The fraction of sp³-hybridized carbons (Fsp3) is 0.368. The van der Waals surface area contributed by atoms with Crippen LogP contribution in [-0.2, 0) is 0 Å². The number of rotatable bonds is 6. The molecule has 7 heteroatoms. The molecule has 26 heavy (non-hydrogen) atoms. The molecule has 0 atom stereocenters. The van der Waals surface area contributed by atoms with Crippen molar-refractivity contribution in [3.05, 3.63) is 47.6 Å². The Balaban J connectivity index is 1.89. The maximum Gasteiger partial charge on any atom is 0.257 e. The molecule has 1 amide bonds. The second-order valence-corrected chi connectivity index (χ2v) is 6.29. The summed E-state index contributed by atoms with van der Waals surface area (Å²) in [6.07, 6.45) is 5.25. The third-order valence-corrected chi connectivity index (χ3v) is 4.26. The van der Waals surface area contributed by atoms with E-state index >= 15 is 0 Å². The van der Waals surface area contributed by atoms with Gasteiger partial charge in [0.1, 0.15) is 11.5 Å². The molecular formula is C19H23N5O2. The van der Waals surface area contributed by atoms with Gasteiger partial charge in [-0.1, -0.05) is 13.3 Å². The number of carbonyl (C=O) groups is 1. The van der Waals surface area contributed by atoms with E-state index in [9.17, 15) is 4.79 Å². The molecule has 0 aliphatic rings. The van der Waals surface area contributed by atoms with Crippen molar-refractivity contribution in [1.82, 2.24) is 24.6 Å². The zero-order valence-corrected chi connectivity index (χ0v) is 15.6. The Morgan fingerprint density at radius 2 is 2.08 bits per heavy atom. The molecule has 0 N–H and O–H groups in total. The molecule has 0 radical (unpaired) electrons. The van der Waals surface area contributed by atoms with E-state index in [2.05, 4.69) is 22.0 Å². The molecule has 3 aromatic rings. The molecule has 0 aromatic carbocycles. The number of unbranched alkanes of at least 4 members (excludes halogenated alkanes) is 1. The minimum Gasteiger partial charge on any atom is -0.460 e. The van der Waals surface area contributed by atoms with Crippen LogP contribution in [0.15, 0.2) is 35.0 Å². The number of aryl methyl sites for hydroxylation is 1. The molecule has 0 saturated carbocycles. The Morgan fingerprint density at radius 3 is 2.77 bits per heavy atom. The SMILES string of the molecule is CCCCN(C)C(=O)c1cnn(-c2nccc(-c3ccc(C)o3)n2)c1C. The van der Waals surface area contributed by atoms with Crippen molar-refractivity contribution < 1.29 is 9.21 Å². The van der Waals surface area contributed by atoms with E-state index < -0.39 is 0 Å². The van der Waals surface area contributed by atoms with Crippen LogP contribution in [0.5, 0.6) is 0 Å². The van der Waals surface area contributed by atoms with Gasteiger partial charge in [0.2, 0.25) is 0 Å². The second kappa shape index (κ2) is 7.51. The third kappa shape index (κ3) is 3.51. The van der Waals surface area contributed by atoms with Gasteiger partial charge in [0.15, 0.2) is 5.76 Å². The van der Waals surface area contributed by atoms with Crippen LogP contribution in [0.4, 0.5) is 0 Å². The molecule has 0 aliphatic carbocycles. The van der Waals surface area contributed by atoms with E-state index in [1.807, 2.05) is 33.0 Å². The van der Waals surface area contributed by atoms with Crippen molar-refractivity contribution in [2.75, 3.05) is 13.6 Å². The fourth-order valence-electron chi connectivity index (χ4n) is 2.68. The van der Waals surface area contributed by atoms with Crippen LogP contribution >= 0.6 is 0 Å². The second-order valence-electron chi connectivity index (χ2n) is 6.29. The van der Waals surface area contributed by atoms with Gasteiger partial charge in [-0.15, -0.1) is 0 Å². The van der Waals surface area contributed by atoms with E-state index in [-0.39, 0.29) is 5.91 Å². The quantitative estimate of drug-likeness (QED) is 0.679. The van der Waals surface area contributed by atoms with E-state index in [0.717, 1.165) is 25.1 Å². The summed E-state index contributed by atoms with van der Waals surface area (Å²) in [5.41, 5.74) is 1.95. The highest BCUT2D eigenvalue weighted by Gasteiger charge is 2.19. The van der Waals surface area contributed by atoms with Crippen LogP contribution < -0.4 is 0 Å². The van der Waals surface area contributed by atoms with Gasteiger partial charge >= 0.3 is 0 Å². The summed E-state index contributed by atoms with van der Waals surface area (Å²) in [5.74, 6) is 1.86. The van der Waals surface area contributed by atoms with Gasteiger partial charge in [0.25, 0.3) is 11.9 Å². The summed E-state index contributed by atoms with van der Waals surface area (Å²) in [7, 11) is 1.81. The number of nitrogens with zero attached hydrogens (tertiary/aromatic N) is 5. The molecule has 0 unspecified atom stereocenters. The molecular weight excluding hydrogens is 330 g/mol. The van der Waals surface area contributed by atoms with E-state index in [1.54, 1.807) is 28.0 Å². The first-order valence-electron chi connectivity index (χ1n) is 8.71. The lowest BCUT2D eigenvalue weighted by atomic mass is 10.2. The maximum absolute atomic E-state index is 12.6. The Hall–Kier alpha value is -2.96. The van der Waals surface area contributed by atoms with Crippen LogP contribution in [0.3, 0.4) is 0 Å². The zero-order chi connectivity index (χ0) is 18.7. The average Bonchev–Trinajstić information content (AvgIpc) is 3.25. The van der Waals surface area contributed by atoms with Crippen molar-refractivity contribution in [3.8, 4) is 17.4 Å². The normalized spacial score (nSPS) is 10.9. The van der Waals surface area contributed by atoms with Crippen molar-refractivity contribution in [2.45, 2.75) is 33.6 Å². The zero-order valence-electron chi connectivity index (χ0n) is 15.6. The average molecular weight is 353 g/mol. The molecule has 3 aromatic heterocycles. The summed E-state index contributed by atoms with van der Waals surface area (Å²) >= 11 is 0. The van der Waals surface area contributed by atoms with Crippen LogP contribution in [0.25, 0.3) is 17.4 Å². The number of furan rings is 1. The van der Waals surface area contributed by atoms with Gasteiger partial charge in [-0.25, -0.2) is 14.6 Å². The van der Waals surface area contributed by atoms with Gasteiger partial charge in [0, 0.05) is 19.8 Å². The third-order valence-electron chi connectivity index (χ3n) is 4.26. The molecule has 0 saturated heterocycles. The standard InChI is InChI=1S/C19H23N5O2/c1-5-6-11-23(4)18(25)15-12-21-24(14(15)3)19-20-10-9-16(22-19)17-8-7-13(2)26-17/h7-10,12H,5-6,11H2,1-4H3. The number of hydrogen-bond acceptors (Lipinski definition) is 5. The summed E-state index contributed by atoms with van der Waals surface area (Å²) in [5, 5.41) is 4.32. The first-order chi connectivity index (χ1) is 12.5. The molecule has 0 aliphatic heterocycles. The molecule has 136 valence electrons. The Morgan fingerprint density at radius 1 is 1.27 bits per heavy atom. The fourth-order valence-corrected chi connectivity index (χ4v) is 2.68. The summed E-state index contributed by atoms with van der Waals surface area (Å²) in [6, 6.07) is 5.54. The minimum atomic E-state index is -0.0417. The molecule has 7 nitrogen and oxygen atoms in total. The first kappa shape index (κ1) is 17.8. The van der Waals surface area contributed by atoms with E-state index in [0.29, 0.717) is 28.7 Å². The number of carbonyl (C=O) groups excluding carboxylic acids is 1. The molecule has 0 fully saturated rings. The first-order valence-corrected chi connectivity index (χ1v) is 8.71. The monoisotopic (exact) mass is 353 g/mol. The Labute approximate surface area is 152 Å². The van der Waals surface area contributed by atoms with Gasteiger partial charge < -0.3 is 9.32 Å². The summed E-state index contributed by atoms with van der Waals surface area (Å²) in [4.78, 5) is 23.2. The smallest absolute Gasteiger partial charge is 0.257 e. The lowest BCUT2D eigenvalue weighted by Crippen LogP contribution is -2.28. The summed E-state index contributed by atoms with van der Waals surface area (Å²) < 4.78 is 7.21. The Kier molecular flexibility index (Phi) is 5.16. The maximum atomic E-state index is 12.6. The molecule has 3 heterocycles. The van der Waals surface area contributed by atoms with Crippen LogP contribution in [0.1, 0.15) is 41.6 Å².